The second-order valence-electron chi connectivity index (χ2n) is 15.1. The number of rotatable bonds is 36. The number of Topliss-reactive ketones (excluding diaryl/α,β-unsaturated/α-hetero) is 1. The van der Waals surface area contributed by atoms with Crippen LogP contribution in [0, 0.1) is 11.8 Å². The molecule has 0 spiro atoms. The van der Waals surface area contributed by atoms with Crippen molar-refractivity contribution < 1.29 is 62.8 Å². The molecule has 1 rings (SSSR count). The van der Waals surface area contributed by atoms with Crippen molar-refractivity contribution in [1.29, 1.82) is 0 Å². The maximum atomic E-state index is 12.6. The van der Waals surface area contributed by atoms with Gasteiger partial charge in [-0.25, -0.2) is 4.57 Å². The maximum Gasteiger partial charge on any atom is 0.472 e. The predicted octanol–water partition coefficient (Wildman–Crippen LogP) is 7.59. The van der Waals surface area contributed by atoms with Crippen molar-refractivity contribution in [3.05, 3.63) is 24.3 Å². The third kappa shape index (κ3) is 26.9. The number of hydrogen-bond donors (Lipinski definition) is 5. The summed E-state index contributed by atoms with van der Waals surface area (Å²) in [6.07, 6.45) is 23.3. The molecule has 7 atom stereocenters. The van der Waals surface area contributed by atoms with E-state index >= 15 is 0 Å². The minimum Gasteiger partial charge on any atom is -0.462 e. The van der Waals surface area contributed by atoms with E-state index < -0.39 is 70.6 Å². The van der Waals surface area contributed by atoms with Crippen LogP contribution in [0.3, 0.4) is 0 Å². The number of unbranched alkanes of at least 4 members (excludes halogenated alkanes) is 14. The Bertz CT molecular complexity index is 1150. The Labute approximate surface area is 336 Å². The van der Waals surface area contributed by atoms with Crippen molar-refractivity contribution in [1.82, 2.24) is 0 Å². The summed E-state index contributed by atoms with van der Waals surface area (Å²) < 4.78 is 32.6. The van der Waals surface area contributed by atoms with Gasteiger partial charge in [0.05, 0.1) is 32.0 Å². The third-order valence-electron chi connectivity index (χ3n) is 9.97. The molecule has 1 unspecified atom stereocenters. The lowest BCUT2D eigenvalue weighted by Gasteiger charge is -2.20. The molecule has 1 saturated carbocycles. The number of phosphoric acid groups is 1. The quantitative estimate of drug-likeness (QED) is 0.0179. The van der Waals surface area contributed by atoms with Crippen LogP contribution in [0.25, 0.3) is 0 Å². The number of ether oxygens (including phenoxy) is 2. The number of ketones is 1. The first-order chi connectivity index (χ1) is 26.9. The SMILES string of the molecule is CCCCCC/C=C\CCCCCCCC(=O)O[C@H](COC(=O)CCCCCC[C@H]1C(=O)C[C@@H](O)[C@@H]1/C=C/[C@@H](O)CCCCC)COP(=O)(O)OC[C@@H](O)CO. The number of allylic oxidation sites excluding steroid dienone is 2. The highest BCUT2D eigenvalue weighted by Gasteiger charge is 2.39. The van der Waals surface area contributed by atoms with Gasteiger partial charge < -0.3 is 34.8 Å². The fraction of sp³-hybridized carbons (Fsp3) is 0.833. The van der Waals surface area contributed by atoms with E-state index in [4.69, 9.17) is 19.1 Å². The topological polar surface area (TPSA) is 206 Å². The minimum absolute atomic E-state index is 0.0320. The molecule has 5 N–H and O–H groups in total. The Morgan fingerprint density at radius 3 is 2.02 bits per heavy atom. The number of aliphatic hydroxyl groups is 4. The van der Waals surface area contributed by atoms with Crippen LogP contribution in [-0.4, -0.2) is 93.9 Å². The molecule has 1 aliphatic carbocycles. The van der Waals surface area contributed by atoms with E-state index in [1.807, 2.05) is 0 Å². The number of esters is 2. The average molecular weight is 819 g/mol. The summed E-state index contributed by atoms with van der Waals surface area (Å²) in [5.74, 6) is -1.67. The van der Waals surface area contributed by atoms with Crippen molar-refractivity contribution >= 4 is 25.5 Å². The molecule has 0 saturated heterocycles. The number of aliphatic hydroxyl groups excluding tert-OH is 4. The van der Waals surface area contributed by atoms with Gasteiger partial charge in [-0.05, 0) is 51.4 Å². The summed E-state index contributed by atoms with van der Waals surface area (Å²) in [7, 11) is -4.67. The summed E-state index contributed by atoms with van der Waals surface area (Å²) in [5, 5.41) is 39.0. The van der Waals surface area contributed by atoms with Crippen LogP contribution in [0.5, 0.6) is 0 Å². The van der Waals surface area contributed by atoms with Gasteiger partial charge in [0.15, 0.2) is 6.10 Å². The monoisotopic (exact) mass is 818 g/mol. The molecule has 0 aromatic heterocycles. The number of carbonyl (C=O) groups excluding carboxylic acids is 3. The van der Waals surface area contributed by atoms with Crippen LogP contribution in [0.15, 0.2) is 24.3 Å². The molecule has 14 heteroatoms. The Kier molecular flexibility index (Phi) is 30.6. The Morgan fingerprint density at radius 1 is 0.786 bits per heavy atom. The van der Waals surface area contributed by atoms with E-state index in [0.29, 0.717) is 32.1 Å². The molecular weight excluding hydrogens is 743 g/mol. The van der Waals surface area contributed by atoms with E-state index in [2.05, 4.69) is 30.5 Å². The normalized spacial score (nSPS) is 20.1. The summed E-state index contributed by atoms with van der Waals surface area (Å²) in [6.45, 7) is 1.97. The molecule has 0 aromatic carbocycles. The lowest BCUT2D eigenvalue weighted by molar-refractivity contribution is -0.161. The molecule has 56 heavy (non-hydrogen) atoms. The van der Waals surface area contributed by atoms with Gasteiger partial charge in [-0.1, -0.05) is 115 Å². The Morgan fingerprint density at radius 2 is 1.36 bits per heavy atom. The van der Waals surface area contributed by atoms with Crippen molar-refractivity contribution in [3.63, 3.8) is 0 Å². The van der Waals surface area contributed by atoms with Gasteiger partial charge in [-0.15, -0.1) is 0 Å². The van der Waals surface area contributed by atoms with Gasteiger partial charge in [-0.2, -0.15) is 0 Å². The van der Waals surface area contributed by atoms with Crippen molar-refractivity contribution in [2.24, 2.45) is 11.8 Å². The summed E-state index contributed by atoms with van der Waals surface area (Å²) in [5.41, 5.74) is 0. The first kappa shape index (κ1) is 52.1. The zero-order valence-electron chi connectivity index (χ0n) is 34.3. The van der Waals surface area contributed by atoms with E-state index in [0.717, 1.165) is 70.6 Å². The molecule has 0 heterocycles. The van der Waals surface area contributed by atoms with Crippen LogP contribution in [0.1, 0.15) is 162 Å². The largest absolute Gasteiger partial charge is 0.472 e. The summed E-state index contributed by atoms with van der Waals surface area (Å²) in [6, 6.07) is 0. The van der Waals surface area contributed by atoms with Crippen LogP contribution < -0.4 is 0 Å². The Hall–Kier alpha value is -1.96. The lowest BCUT2D eigenvalue weighted by atomic mass is 9.88. The standard InChI is InChI=1S/C42H75O13P/c1-3-5-7-8-9-10-11-12-13-14-15-16-22-26-42(49)55-36(33-54-56(50,51)53-31-35(45)30-43)32-52-41(48)25-21-18-17-20-24-37-38(40(47)29-39(37)46)28-27-34(44)23-19-6-4-2/h10-11,27-28,34-38,40,43-45,47H,3-9,12-26,29-33H2,1-2H3,(H,50,51)/b11-10-,28-27+/t34-,35-,36+,37+,38+,40+/m0/s1. The first-order valence-corrected chi connectivity index (χ1v) is 22.9. The van der Waals surface area contributed by atoms with Crippen LogP contribution in [-0.2, 0) is 37.5 Å². The molecule has 0 bridgehead atoms. The zero-order valence-corrected chi connectivity index (χ0v) is 35.2. The fourth-order valence-electron chi connectivity index (χ4n) is 6.59. The molecule has 0 amide bonds. The first-order valence-electron chi connectivity index (χ1n) is 21.4. The smallest absolute Gasteiger partial charge is 0.462 e. The van der Waals surface area contributed by atoms with Crippen molar-refractivity contribution in [2.45, 2.75) is 186 Å². The van der Waals surface area contributed by atoms with E-state index in [1.165, 1.54) is 25.7 Å². The Balaban J connectivity index is 2.46. The molecule has 13 nitrogen and oxygen atoms in total. The maximum absolute atomic E-state index is 12.6. The van der Waals surface area contributed by atoms with E-state index in [1.54, 1.807) is 12.2 Å². The lowest BCUT2D eigenvalue weighted by Crippen LogP contribution is -2.29. The van der Waals surface area contributed by atoms with Gasteiger partial charge in [-0.3, -0.25) is 23.4 Å². The molecular formula is C42H75O13P. The van der Waals surface area contributed by atoms with Crippen molar-refractivity contribution in [2.75, 3.05) is 26.4 Å². The van der Waals surface area contributed by atoms with E-state index in [9.17, 15) is 39.2 Å². The average Bonchev–Trinajstić information content (AvgIpc) is 3.44. The highest BCUT2D eigenvalue weighted by Crippen LogP contribution is 2.43. The minimum atomic E-state index is -4.67. The second kappa shape index (κ2) is 32.9. The molecule has 0 aromatic rings. The van der Waals surface area contributed by atoms with Gasteiger partial charge in [0, 0.05) is 31.1 Å². The fourth-order valence-corrected chi connectivity index (χ4v) is 7.38. The predicted molar refractivity (Wildman–Crippen MR) is 215 cm³/mol. The number of phosphoric ester groups is 1. The van der Waals surface area contributed by atoms with Crippen LogP contribution >= 0.6 is 7.82 Å². The summed E-state index contributed by atoms with van der Waals surface area (Å²) in [4.78, 5) is 47.7. The number of hydrogen-bond acceptors (Lipinski definition) is 12. The van der Waals surface area contributed by atoms with Crippen LogP contribution in [0.4, 0.5) is 0 Å². The zero-order chi connectivity index (χ0) is 41.4. The molecule has 1 aliphatic rings. The van der Waals surface area contributed by atoms with Crippen LogP contribution in [0.2, 0.25) is 0 Å². The van der Waals surface area contributed by atoms with Gasteiger partial charge in [0.1, 0.15) is 18.5 Å². The third-order valence-corrected chi connectivity index (χ3v) is 10.9. The van der Waals surface area contributed by atoms with Gasteiger partial charge >= 0.3 is 19.8 Å². The van der Waals surface area contributed by atoms with Crippen molar-refractivity contribution in [3.8, 4) is 0 Å². The van der Waals surface area contributed by atoms with Gasteiger partial charge in [0.2, 0.25) is 0 Å². The molecule has 0 aliphatic heterocycles. The van der Waals surface area contributed by atoms with E-state index in [-0.39, 0.29) is 36.9 Å². The highest BCUT2D eigenvalue weighted by molar-refractivity contribution is 7.47. The summed E-state index contributed by atoms with van der Waals surface area (Å²) >= 11 is 0. The molecule has 1 fully saturated rings. The number of carbonyl (C=O) groups is 3. The highest BCUT2D eigenvalue weighted by atomic mass is 31.2. The molecule has 326 valence electrons. The second-order valence-corrected chi connectivity index (χ2v) is 16.6. The molecule has 0 radical (unpaired) electrons. The van der Waals surface area contributed by atoms with Gasteiger partial charge in [0.25, 0.3) is 0 Å².